The molecule has 3 nitrogen and oxygen atoms in total. The Kier molecular flexibility index (Phi) is 5.28. The summed E-state index contributed by atoms with van der Waals surface area (Å²) in [7, 11) is 1.39. The lowest BCUT2D eigenvalue weighted by Crippen LogP contribution is -2.30. The maximum Gasteiger partial charge on any atom is 0.328 e. The molecule has 0 aliphatic rings. The van der Waals surface area contributed by atoms with Gasteiger partial charge in [-0.25, -0.2) is 4.79 Å². The molecule has 0 aliphatic heterocycles. The number of esters is 1. The number of anilines is 1. The highest BCUT2D eigenvalue weighted by Crippen LogP contribution is 2.31. The summed E-state index contributed by atoms with van der Waals surface area (Å²) >= 11 is 6.86. The number of carbonyl (C=O) groups excluding carboxylic acids is 1. The van der Waals surface area contributed by atoms with E-state index in [9.17, 15) is 4.79 Å². The van der Waals surface area contributed by atoms with E-state index in [0.717, 1.165) is 14.6 Å². The van der Waals surface area contributed by atoms with Gasteiger partial charge in [0.1, 0.15) is 6.04 Å². The van der Waals surface area contributed by atoms with Crippen LogP contribution in [-0.4, -0.2) is 19.1 Å². The van der Waals surface area contributed by atoms with E-state index in [2.05, 4.69) is 37.2 Å². The first-order chi connectivity index (χ1) is 7.60. The smallest absolute Gasteiger partial charge is 0.328 e. The summed E-state index contributed by atoms with van der Waals surface area (Å²) < 4.78 is 6.54. The molecule has 0 aromatic heterocycles. The van der Waals surface area contributed by atoms with Crippen LogP contribution in [0.2, 0.25) is 0 Å². The van der Waals surface area contributed by atoms with Gasteiger partial charge in [-0.3, -0.25) is 0 Å². The average Bonchev–Trinajstić information content (AvgIpc) is 2.28. The van der Waals surface area contributed by atoms with Gasteiger partial charge < -0.3 is 10.1 Å². The molecular formula is C11H13Br2NO2. The van der Waals surface area contributed by atoms with Crippen molar-refractivity contribution >= 4 is 43.5 Å². The Morgan fingerprint density at radius 1 is 1.44 bits per heavy atom. The van der Waals surface area contributed by atoms with Crippen molar-refractivity contribution in [2.75, 3.05) is 12.4 Å². The summed E-state index contributed by atoms with van der Waals surface area (Å²) in [5.41, 5.74) is 0.861. The van der Waals surface area contributed by atoms with Crippen molar-refractivity contribution in [1.82, 2.24) is 0 Å². The van der Waals surface area contributed by atoms with Crippen LogP contribution < -0.4 is 5.32 Å². The first-order valence-corrected chi connectivity index (χ1v) is 6.47. The maximum absolute atomic E-state index is 11.5. The lowest BCUT2D eigenvalue weighted by atomic mass is 10.2. The van der Waals surface area contributed by atoms with Gasteiger partial charge in [0.05, 0.1) is 12.8 Å². The van der Waals surface area contributed by atoms with Crippen molar-refractivity contribution in [1.29, 1.82) is 0 Å². The molecule has 0 saturated carbocycles. The Morgan fingerprint density at radius 2 is 2.00 bits per heavy atom. The van der Waals surface area contributed by atoms with Crippen molar-refractivity contribution < 1.29 is 9.53 Å². The van der Waals surface area contributed by atoms with Crippen LogP contribution in [0.25, 0.3) is 0 Å². The molecule has 0 aliphatic carbocycles. The Hall–Kier alpha value is -0.550. The molecule has 0 heterocycles. The fraction of sp³-hybridized carbons (Fsp3) is 0.364. The Morgan fingerprint density at radius 3 is 2.44 bits per heavy atom. The third-order valence-electron chi connectivity index (χ3n) is 2.18. The van der Waals surface area contributed by atoms with Crippen molar-refractivity contribution in [3.8, 4) is 0 Å². The van der Waals surface area contributed by atoms with E-state index in [1.165, 1.54) is 7.11 Å². The van der Waals surface area contributed by atoms with Crippen molar-refractivity contribution in [3.63, 3.8) is 0 Å². The van der Waals surface area contributed by atoms with E-state index >= 15 is 0 Å². The van der Waals surface area contributed by atoms with E-state index in [1.54, 1.807) is 0 Å². The van der Waals surface area contributed by atoms with E-state index in [0.29, 0.717) is 6.42 Å². The summed E-state index contributed by atoms with van der Waals surface area (Å²) in [6.45, 7) is 1.93. The maximum atomic E-state index is 11.5. The number of benzene rings is 1. The minimum Gasteiger partial charge on any atom is -0.467 e. The van der Waals surface area contributed by atoms with Gasteiger partial charge in [0.2, 0.25) is 0 Å². The first-order valence-electron chi connectivity index (χ1n) is 4.88. The standard InChI is InChI=1S/C11H13Br2NO2/c1-3-9(11(15)16-2)14-10-7(12)5-4-6-8(10)13/h4-6,9,14H,3H2,1-2H3. The minimum absolute atomic E-state index is 0.259. The molecule has 0 radical (unpaired) electrons. The zero-order valence-corrected chi connectivity index (χ0v) is 12.3. The quantitative estimate of drug-likeness (QED) is 0.843. The fourth-order valence-corrected chi connectivity index (χ4v) is 2.51. The third-order valence-corrected chi connectivity index (χ3v) is 3.50. The Labute approximate surface area is 112 Å². The second kappa shape index (κ2) is 6.25. The number of para-hydroxylation sites is 1. The predicted octanol–water partition coefficient (Wildman–Crippen LogP) is 3.58. The average molecular weight is 351 g/mol. The SMILES string of the molecule is CCC(Nc1c(Br)cccc1Br)C(=O)OC. The lowest BCUT2D eigenvalue weighted by Gasteiger charge is -2.17. The molecule has 0 fully saturated rings. The number of methoxy groups -OCH3 is 1. The van der Waals surface area contributed by atoms with Crippen LogP contribution in [0.1, 0.15) is 13.3 Å². The normalized spacial score (nSPS) is 12.0. The van der Waals surface area contributed by atoms with Crippen molar-refractivity contribution in [2.24, 2.45) is 0 Å². The minimum atomic E-state index is -0.333. The van der Waals surface area contributed by atoms with Gasteiger partial charge >= 0.3 is 5.97 Å². The van der Waals surface area contributed by atoms with Gasteiger partial charge in [-0.1, -0.05) is 13.0 Å². The molecule has 1 atom stereocenters. The molecule has 0 amide bonds. The zero-order valence-electron chi connectivity index (χ0n) is 9.09. The van der Waals surface area contributed by atoms with Crippen LogP contribution in [-0.2, 0) is 9.53 Å². The number of rotatable bonds is 4. The summed E-state index contributed by atoms with van der Waals surface area (Å²) in [4.78, 5) is 11.5. The van der Waals surface area contributed by atoms with Gasteiger partial charge in [-0.2, -0.15) is 0 Å². The summed E-state index contributed by atoms with van der Waals surface area (Å²) in [5, 5.41) is 3.15. The molecule has 1 unspecified atom stereocenters. The topological polar surface area (TPSA) is 38.3 Å². The van der Waals surface area contributed by atoms with Crippen molar-refractivity contribution in [3.05, 3.63) is 27.1 Å². The van der Waals surface area contributed by atoms with Crippen LogP contribution in [0.15, 0.2) is 27.1 Å². The van der Waals surface area contributed by atoms with Gasteiger partial charge in [0.25, 0.3) is 0 Å². The number of ether oxygens (including phenoxy) is 1. The van der Waals surface area contributed by atoms with E-state index in [1.807, 2.05) is 25.1 Å². The molecule has 1 aromatic carbocycles. The second-order valence-corrected chi connectivity index (χ2v) is 4.93. The number of carbonyl (C=O) groups is 1. The molecule has 16 heavy (non-hydrogen) atoms. The van der Waals surface area contributed by atoms with Gasteiger partial charge in [-0.15, -0.1) is 0 Å². The number of nitrogens with one attached hydrogen (secondary N) is 1. The highest BCUT2D eigenvalue weighted by molar-refractivity contribution is 9.11. The number of hydrogen-bond donors (Lipinski definition) is 1. The second-order valence-electron chi connectivity index (χ2n) is 3.22. The molecule has 88 valence electrons. The van der Waals surface area contributed by atoms with Gasteiger partial charge in [0.15, 0.2) is 0 Å². The van der Waals surface area contributed by atoms with Crippen LogP contribution in [0.4, 0.5) is 5.69 Å². The van der Waals surface area contributed by atoms with Crippen LogP contribution in [0.5, 0.6) is 0 Å². The molecular weight excluding hydrogens is 338 g/mol. The van der Waals surface area contributed by atoms with E-state index in [-0.39, 0.29) is 12.0 Å². The lowest BCUT2D eigenvalue weighted by molar-refractivity contribution is -0.141. The van der Waals surface area contributed by atoms with E-state index in [4.69, 9.17) is 4.74 Å². The highest BCUT2D eigenvalue weighted by Gasteiger charge is 2.18. The molecule has 1 aromatic rings. The van der Waals surface area contributed by atoms with Gasteiger partial charge in [0, 0.05) is 8.95 Å². The summed E-state index contributed by atoms with van der Waals surface area (Å²) in [5.74, 6) is -0.259. The summed E-state index contributed by atoms with van der Waals surface area (Å²) in [6, 6.07) is 5.41. The van der Waals surface area contributed by atoms with Crippen LogP contribution in [0, 0.1) is 0 Å². The van der Waals surface area contributed by atoms with Gasteiger partial charge in [-0.05, 0) is 50.4 Å². The molecule has 1 N–H and O–H groups in total. The monoisotopic (exact) mass is 349 g/mol. The van der Waals surface area contributed by atoms with Crippen LogP contribution >= 0.6 is 31.9 Å². The molecule has 1 rings (SSSR count). The molecule has 0 bridgehead atoms. The predicted molar refractivity (Wildman–Crippen MR) is 71.6 cm³/mol. The summed E-state index contributed by atoms with van der Waals surface area (Å²) in [6.07, 6.45) is 0.667. The molecule has 0 saturated heterocycles. The number of halogens is 2. The Bertz CT molecular complexity index is 362. The van der Waals surface area contributed by atoms with E-state index < -0.39 is 0 Å². The number of hydrogen-bond acceptors (Lipinski definition) is 3. The highest BCUT2D eigenvalue weighted by atomic mass is 79.9. The third kappa shape index (κ3) is 3.22. The Balaban J connectivity index is 2.90. The first kappa shape index (κ1) is 13.5. The fourth-order valence-electron chi connectivity index (χ4n) is 1.28. The molecule has 5 heteroatoms. The zero-order chi connectivity index (χ0) is 12.1. The largest absolute Gasteiger partial charge is 0.467 e. The van der Waals surface area contributed by atoms with Crippen molar-refractivity contribution in [2.45, 2.75) is 19.4 Å². The van der Waals surface area contributed by atoms with Crippen LogP contribution in [0.3, 0.4) is 0 Å². The molecule has 0 spiro atoms.